The van der Waals surface area contributed by atoms with Crippen LogP contribution in [-0.4, -0.2) is 61.3 Å². The summed E-state index contributed by atoms with van der Waals surface area (Å²) in [6.45, 7) is 6.82. The Morgan fingerprint density at radius 3 is 2.59 bits per heavy atom. The number of halogens is 2. The normalized spacial score (nSPS) is 14.8. The number of benzene rings is 1. The number of ether oxygens (including phenoxy) is 2. The average Bonchev–Trinajstić information content (AvgIpc) is 3.34. The summed E-state index contributed by atoms with van der Waals surface area (Å²) >= 11 is 0. The van der Waals surface area contributed by atoms with Crippen LogP contribution >= 0.6 is 24.8 Å². The van der Waals surface area contributed by atoms with Crippen LogP contribution < -0.4 is 14.8 Å². The predicted molar refractivity (Wildman–Crippen MR) is 145 cm³/mol. The zero-order valence-corrected chi connectivity index (χ0v) is 22.7. The van der Waals surface area contributed by atoms with Gasteiger partial charge in [-0.25, -0.2) is 4.98 Å². The second kappa shape index (κ2) is 17.0. The second-order valence-corrected chi connectivity index (χ2v) is 8.85. The van der Waals surface area contributed by atoms with Crippen LogP contribution in [0.1, 0.15) is 62.3 Å². The molecule has 1 aliphatic carbocycles. The molecule has 0 radical (unpaired) electrons. The van der Waals surface area contributed by atoms with Crippen molar-refractivity contribution in [3.63, 3.8) is 0 Å². The highest BCUT2D eigenvalue weighted by Crippen LogP contribution is 2.38. The van der Waals surface area contributed by atoms with Gasteiger partial charge in [0.05, 0.1) is 26.2 Å². The molecule has 194 valence electrons. The van der Waals surface area contributed by atoms with Gasteiger partial charge in [-0.3, -0.25) is 0 Å². The van der Waals surface area contributed by atoms with E-state index < -0.39 is 0 Å². The number of methoxy groups -OCH3 is 2. The smallest absolute Gasteiger partial charge is 0.164 e. The maximum absolute atomic E-state index is 5.68. The molecular weight excluding hydrogens is 471 g/mol. The molecule has 8 heteroatoms. The molecule has 0 saturated carbocycles. The minimum absolute atomic E-state index is 0. The first-order valence-electron chi connectivity index (χ1n) is 12.4. The topological polar surface area (TPSA) is 62.4 Å². The van der Waals surface area contributed by atoms with Crippen LogP contribution in [0, 0.1) is 0 Å². The molecule has 2 N–H and O–H groups in total. The van der Waals surface area contributed by atoms with Gasteiger partial charge in [-0.05, 0) is 69.8 Å². The number of H-pyrrole nitrogens is 1. The van der Waals surface area contributed by atoms with E-state index in [2.05, 4.69) is 39.2 Å². The van der Waals surface area contributed by atoms with Gasteiger partial charge in [0.2, 0.25) is 0 Å². The Balaban J connectivity index is 0.00000289. The molecule has 34 heavy (non-hydrogen) atoms. The van der Waals surface area contributed by atoms with Gasteiger partial charge in [0, 0.05) is 30.8 Å². The number of fused-ring (bicyclic) bond motifs is 1. The van der Waals surface area contributed by atoms with E-state index in [1.165, 1.54) is 62.7 Å². The molecule has 6 nitrogen and oxygen atoms in total. The van der Waals surface area contributed by atoms with Crippen molar-refractivity contribution in [2.45, 2.75) is 70.8 Å². The minimum Gasteiger partial charge on any atom is -0.493 e. The monoisotopic (exact) mass is 514 g/mol. The lowest BCUT2D eigenvalue weighted by molar-refractivity contribution is 0.175. The largest absolute Gasteiger partial charge is 0.493 e. The maximum atomic E-state index is 5.68. The van der Waals surface area contributed by atoms with Crippen molar-refractivity contribution in [1.82, 2.24) is 20.2 Å². The fraction of sp³-hybridized carbons (Fsp3) is 0.654. The SMILES string of the molecule is CCCN(CCCCCCNCCc1c[nH]cn1)[C@H]1CCc2c(ccc(OC)c2OC)C1.Cl.Cl. The summed E-state index contributed by atoms with van der Waals surface area (Å²) in [5.41, 5.74) is 3.91. The van der Waals surface area contributed by atoms with Crippen LogP contribution in [0.4, 0.5) is 0 Å². The third-order valence-electron chi connectivity index (χ3n) is 6.62. The summed E-state index contributed by atoms with van der Waals surface area (Å²) in [6.07, 6.45) is 14.5. The summed E-state index contributed by atoms with van der Waals surface area (Å²) in [4.78, 5) is 10.0. The van der Waals surface area contributed by atoms with Gasteiger partial charge in [-0.15, -0.1) is 24.8 Å². The van der Waals surface area contributed by atoms with Crippen LogP contribution in [0.25, 0.3) is 0 Å². The molecule has 3 rings (SSSR count). The van der Waals surface area contributed by atoms with Crippen molar-refractivity contribution in [2.24, 2.45) is 0 Å². The zero-order chi connectivity index (χ0) is 22.6. The first-order valence-corrected chi connectivity index (χ1v) is 12.4. The fourth-order valence-electron chi connectivity index (χ4n) is 4.93. The molecule has 0 amide bonds. The van der Waals surface area contributed by atoms with E-state index >= 15 is 0 Å². The van der Waals surface area contributed by atoms with E-state index in [-0.39, 0.29) is 24.8 Å². The molecule has 0 spiro atoms. The highest BCUT2D eigenvalue weighted by Gasteiger charge is 2.26. The summed E-state index contributed by atoms with van der Waals surface area (Å²) in [5, 5.41) is 3.54. The highest BCUT2D eigenvalue weighted by atomic mass is 35.5. The Labute approximate surface area is 218 Å². The average molecular weight is 516 g/mol. The molecule has 0 saturated heterocycles. The van der Waals surface area contributed by atoms with Crippen LogP contribution in [0.5, 0.6) is 11.5 Å². The number of imidazole rings is 1. The number of hydrogen-bond acceptors (Lipinski definition) is 5. The lowest BCUT2D eigenvalue weighted by Crippen LogP contribution is -2.40. The van der Waals surface area contributed by atoms with Crippen LogP contribution in [-0.2, 0) is 19.3 Å². The van der Waals surface area contributed by atoms with Crippen molar-refractivity contribution in [2.75, 3.05) is 40.4 Å². The Bertz CT molecular complexity index is 789. The lowest BCUT2D eigenvalue weighted by Gasteiger charge is -2.36. The summed E-state index contributed by atoms with van der Waals surface area (Å²) in [6, 6.07) is 4.95. The third-order valence-corrected chi connectivity index (χ3v) is 6.62. The molecule has 0 unspecified atom stereocenters. The third kappa shape index (κ3) is 8.95. The number of nitrogens with one attached hydrogen (secondary N) is 2. The van der Waals surface area contributed by atoms with Crippen molar-refractivity contribution < 1.29 is 9.47 Å². The van der Waals surface area contributed by atoms with Crippen molar-refractivity contribution in [3.8, 4) is 11.5 Å². The van der Waals surface area contributed by atoms with Gasteiger partial charge in [0.1, 0.15) is 0 Å². The molecule has 1 aliphatic rings. The zero-order valence-electron chi connectivity index (χ0n) is 21.1. The maximum Gasteiger partial charge on any atom is 0.164 e. The Morgan fingerprint density at radius 1 is 1.06 bits per heavy atom. The molecule has 1 aromatic heterocycles. The van der Waals surface area contributed by atoms with E-state index in [1.54, 1.807) is 20.5 Å². The number of hydrogen-bond donors (Lipinski definition) is 2. The van der Waals surface area contributed by atoms with E-state index in [9.17, 15) is 0 Å². The minimum atomic E-state index is 0. The standard InChI is InChI=1S/C26H42N4O2.2ClH/c1-4-16-30(17-8-6-5-7-14-27-15-13-22-19-28-20-29-22)23-10-11-24-21(18-23)9-12-25(31-2)26(24)32-3;;/h9,12,19-20,23,27H,4-8,10-11,13-18H2,1-3H3,(H,28,29);2*1H/t23-;;/m0../s1. The Kier molecular flexibility index (Phi) is 15.3. The van der Waals surface area contributed by atoms with Crippen LogP contribution in [0.15, 0.2) is 24.7 Å². The Hall–Kier alpha value is -1.47. The molecule has 0 aliphatic heterocycles. The van der Waals surface area contributed by atoms with E-state index in [1.807, 2.05) is 6.20 Å². The quantitative estimate of drug-likeness (QED) is 0.318. The van der Waals surface area contributed by atoms with Gasteiger partial charge in [-0.1, -0.05) is 25.8 Å². The van der Waals surface area contributed by atoms with E-state index in [0.29, 0.717) is 6.04 Å². The summed E-state index contributed by atoms with van der Waals surface area (Å²) < 4.78 is 11.2. The van der Waals surface area contributed by atoms with Crippen LogP contribution in [0.3, 0.4) is 0 Å². The highest BCUT2D eigenvalue weighted by molar-refractivity contribution is 5.85. The van der Waals surface area contributed by atoms with Gasteiger partial charge in [0.25, 0.3) is 0 Å². The first-order chi connectivity index (χ1) is 15.8. The Morgan fingerprint density at radius 2 is 1.88 bits per heavy atom. The molecule has 1 atom stereocenters. The lowest BCUT2D eigenvalue weighted by atomic mass is 9.86. The molecule has 1 heterocycles. The van der Waals surface area contributed by atoms with Crippen molar-refractivity contribution in [1.29, 1.82) is 0 Å². The van der Waals surface area contributed by atoms with Crippen LogP contribution in [0.2, 0.25) is 0 Å². The summed E-state index contributed by atoms with van der Waals surface area (Å²) in [7, 11) is 3.47. The number of unbranched alkanes of at least 4 members (excludes halogenated alkanes) is 3. The number of aromatic amines is 1. The van der Waals surface area contributed by atoms with Gasteiger partial charge < -0.3 is 24.7 Å². The molecule has 0 bridgehead atoms. The predicted octanol–water partition coefficient (Wildman–Crippen LogP) is 5.23. The van der Waals surface area contributed by atoms with Gasteiger partial charge >= 0.3 is 0 Å². The summed E-state index contributed by atoms with van der Waals surface area (Å²) in [5.74, 6) is 1.79. The van der Waals surface area contributed by atoms with E-state index in [0.717, 1.165) is 49.5 Å². The first kappa shape index (κ1) is 30.6. The molecule has 0 fully saturated rings. The van der Waals surface area contributed by atoms with Crippen molar-refractivity contribution in [3.05, 3.63) is 41.5 Å². The fourth-order valence-corrected chi connectivity index (χ4v) is 4.93. The molecule has 1 aromatic carbocycles. The van der Waals surface area contributed by atoms with Gasteiger partial charge in [-0.2, -0.15) is 0 Å². The molecular formula is C26H44Cl2N4O2. The van der Waals surface area contributed by atoms with Gasteiger partial charge in [0.15, 0.2) is 11.5 Å². The number of rotatable bonds is 15. The number of aromatic nitrogens is 2. The van der Waals surface area contributed by atoms with E-state index in [4.69, 9.17) is 9.47 Å². The number of nitrogens with zero attached hydrogens (tertiary/aromatic N) is 2. The van der Waals surface area contributed by atoms with Crippen molar-refractivity contribution >= 4 is 24.8 Å². The second-order valence-electron chi connectivity index (χ2n) is 8.85. The molecule has 2 aromatic rings.